The summed E-state index contributed by atoms with van der Waals surface area (Å²) in [5.41, 5.74) is 2.59. The Balaban J connectivity index is 2.14. The van der Waals surface area contributed by atoms with Gasteiger partial charge < -0.3 is 10.1 Å². The van der Waals surface area contributed by atoms with Gasteiger partial charge in [-0.25, -0.2) is 0 Å². The van der Waals surface area contributed by atoms with E-state index in [9.17, 15) is 4.79 Å². The second-order valence-electron chi connectivity index (χ2n) is 4.93. The highest BCUT2D eigenvalue weighted by molar-refractivity contribution is 6.01. The van der Waals surface area contributed by atoms with Gasteiger partial charge in [-0.2, -0.15) is 0 Å². The van der Waals surface area contributed by atoms with E-state index in [1.54, 1.807) is 6.08 Å². The zero-order valence-electron chi connectivity index (χ0n) is 12.8. The highest BCUT2D eigenvalue weighted by atomic mass is 16.5. The number of carbonyl (C=O) groups is 1. The third-order valence-electron chi connectivity index (χ3n) is 3.30. The largest absolute Gasteiger partial charge is 0.489 e. The van der Waals surface area contributed by atoms with Gasteiger partial charge in [0.2, 0.25) is 0 Å². The summed E-state index contributed by atoms with van der Waals surface area (Å²) in [4.78, 5) is 12.0. The number of ketones is 1. The van der Waals surface area contributed by atoms with Crippen LogP contribution in [0.1, 0.15) is 29.3 Å². The maximum Gasteiger partial charge on any atom is 0.164 e. The molecule has 0 saturated heterocycles. The van der Waals surface area contributed by atoms with Gasteiger partial charge in [0, 0.05) is 30.3 Å². The van der Waals surface area contributed by atoms with Gasteiger partial charge in [-0.1, -0.05) is 43.3 Å². The molecule has 0 heterocycles. The number of hydrogen-bond donors (Lipinski definition) is 1. The summed E-state index contributed by atoms with van der Waals surface area (Å²) < 4.78 is 5.80. The van der Waals surface area contributed by atoms with Gasteiger partial charge in [0.15, 0.2) is 5.78 Å². The van der Waals surface area contributed by atoms with Gasteiger partial charge in [0.1, 0.15) is 12.4 Å². The molecule has 2 aromatic rings. The van der Waals surface area contributed by atoms with Crippen molar-refractivity contribution in [3.05, 3.63) is 72.3 Å². The molecule has 0 aliphatic rings. The van der Waals surface area contributed by atoms with E-state index < -0.39 is 0 Å². The van der Waals surface area contributed by atoms with Crippen molar-refractivity contribution < 1.29 is 9.53 Å². The molecule has 0 saturated carbocycles. The standard InChI is InChI=1S/C19H21NO2/c1-3-12-20-18-13-16(10-11-17(18)19(21)4-2)22-14-15-8-6-5-7-9-15/h3,5-11,13,20H,1,4,12,14H2,2H3. The molecule has 0 aliphatic heterocycles. The number of benzene rings is 2. The molecule has 2 rings (SSSR count). The molecule has 2 aromatic carbocycles. The summed E-state index contributed by atoms with van der Waals surface area (Å²) in [6, 6.07) is 15.5. The summed E-state index contributed by atoms with van der Waals surface area (Å²) >= 11 is 0. The summed E-state index contributed by atoms with van der Waals surface area (Å²) in [7, 11) is 0. The molecule has 0 atom stereocenters. The lowest BCUT2D eigenvalue weighted by Crippen LogP contribution is -2.07. The second kappa shape index (κ2) is 8.03. The Hall–Kier alpha value is -2.55. The zero-order chi connectivity index (χ0) is 15.8. The molecule has 1 N–H and O–H groups in total. The highest BCUT2D eigenvalue weighted by Gasteiger charge is 2.10. The third-order valence-corrected chi connectivity index (χ3v) is 3.30. The number of carbonyl (C=O) groups excluding carboxylic acids is 1. The fraction of sp³-hybridized carbons (Fsp3) is 0.211. The van der Waals surface area contributed by atoms with Crippen LogP contribution in [-0.4, -0.2) is 12.3 Å². The average Bonchev–Trinajstić information content (AvgIpc) is 2.58. The van der Waals surface area contributed by atoms with Crippen LogP contribution in [0, 0.1) is 0 Å². The molecular weight excluding hydrogens is 274 g/mol. The predicted octanol–water partition coefficient (Wildman–Crippen LogP) is 4.46. The fourth-order valence-corrected chi connectivity index (χ4v) is 2.12. The first-order valence-corrected chi connectivity index (χ1v) is 7.43. The van der Waals surface area contributed by atoms with Gasteiger partial charge in [0.05, 0.1) is 0 Å². The first-order valence-electron chi connectivity index (χ1n) is 7.43. The molecule has 0 aromatic heterocycles. The van der Waals surface area contributed by atoms with Gasteiger partial charge in [-0.05, 0) is 17.7 Å². The van der Waals surface area contributed by atoms with Crippen LogP contribution in [0.4, 0.5) is 5.69 Å². The van der Waals surface area contributed by atoms with Gasteiger partial charge in [-0.15, -0.1) is 6.58 Å². The molecule has 22 heavy (non-hydrogen) atoms. The normalized spacial score (nSPS) is 10.0. The molecule has 0 fully saturated rings. The second-order valence-corrected chi connectivity index (χ2v) is 4.93. The van der Waals surface area contributed by atoms with Crippen LogP contribution < -0.4 is 10.1 Å². The molecule has 0 aliphatic carbocycles. The Morgan fingerprint density at radius 1 is 1.23 bits per heavy atom. The monoisotopic (exact) mass is 295 g/mol. The van der Waals surface area contributed by atoms with Crippen molar-refractivity contribution in [3.8, 4) is 5.75 Å². The van der Waals surface area contributed by atoms with Crippen LogP contribution in [-0.2, 0) is 6.61 Å². The number of anilines is 1. The molecule has 114 valence electrons. The molecule has 0 bridgehead atoms. The number of ether oxygens (including phenoxy) is 1. The van der Waals surface area contributed by atoms with Crippen LogP contribution in [0.5, 0.6) is 5.75 Å². The summed E-state index contributed by atoms with van der Waals surface area (Å²) in [5, 5.41) is 3.20. The Morgan fingerprint density at radius 2 is 2.00 bits per heavy atom. The summed E-state index contributed by atoms with van der Waals surface area (Å²) in [5.74, 6) is 0.851. The molecule has 0 spiro atoms. The zero-order valence-corrected chi connectivity index (χ0v) is 12.8. The molecule has 3 nitrogen and oxygen atoms in total. The van der Waals surface area contributed by atoms with Crippen LogP contribution in [0.2, 0.25) is 0 Å². The van der Waals surface area contributed by atoms with Crippen LogP contribution in [0.25, 0.3) is 0 Å². The lowest BCUT2D eigenvalue weighted by Gasteiger charge is -2.13. The maximum atomic E-state index is 12.0. The van der Waals surface area contributed by atoms with E-state index in [2.05, 4.69) is 11.9 Å². The van der Waals surface area contributed by atoms with Crippen molar-refractivity contribution in [3.63, 3.8) is 0 Å². The fourth-order valence-electron chi connectivity index (χ4n) is 2.12. The van der Waals surface area contributed by atoms with Crippen molar-refractivity contribution in [2.75, 3.05) is 11.9 Å². The first kappa shape index (κ1) is 15.8. The van der Waals surface area contributed by atoms with E-state index in [0.29, 0.717) is 25.1 Å². The van der Waals surface area contributed by atoms with Crippen molar-refractivity contribution in [1.82, 2.24) is 0 Å². The first-order chi connectivity index (χ1) is 10.7. The van der Waals surface area contributed by atoms with E-state index in [0.717, 1.165) is 17.0 Å². The minimum atomic E-state index is 0.112. The number of rotatable bonds is 8. The van der Waals surface area contributed by atoms with E-state index in [4.69, 9.17) is 4.74 Å². The van der Waals surface area contributed by atoms with Crippen LogP contribution in [0.15, 0.2) is 61.2 Å². The summed E-state index contributed by atoms with van der Waals surface area (Å²) in [6.45, 7) is 6.66. The van der Waals surface area contributed by atoms with Gasteiger partial charge >= 0.3 is 0 Å². The smallest absolute Gasteiger partial charge is 0.164 e. The Labute approximate surface area is 131 Å². The van der Waals surface area contributed by atoms with Gasteiger partial charge in [0.25, 0.3) is 0 Å². The Bertz CT molecular complexity index is 635. The molecule has 0 amide bonds. The Kier molecular flexibility index (Phi) is 5.78. The Morgan fingerprint density at radius 3 is 2.68 bits per heavy atom. The molecule has 0 unspecified atom stereocenters. The van der Waals surface area contributed by atoms with E-state index in [-0.39, 0.29) is 5.78 Å². The lowest BCUT2D eigenvalue weighted by atomic mass is 10.1. The SMILES string of the molecule is C=CCNc1cc(OCc2ccccc2)ccc1C(=O)CC. The van der Waals surface area contributed by atoms with E-state index in [1.807, 2.05) is 55.5 Å². The number of hydrogen-bond acceptors (Lipinski definition) is 3. The predicted molar refractivity (Wildman–Crippen MR) is 90.5 cm³/mol. The highest BCUT2D eigenvalue weighted by Crippen LogP contribution is 2.24. The van der Waals surface area contributed by atoms with Crippen LogP contribution >= 0.6 is 0 Å². The average molecular weight is 295 g/mol. The molecular formula is C19H21NO2. The number of nitrogens with one attached hydrogen (secondary N) is 1. The minimum absolute atomic E-state index is 0.112. The molecule has 0 radical (unpaired) electrons. The van der Waals surface area contributed by atoms with Crippen molar-refractivity contribution >= 4 is 11.5 Å². The van der Waals surface area contributed by atoms with Gasteiger partial charge in [-0.3, -0.25) is 4.79 Å². The summed E-state index contributed by atoms with van der Waals surface area (Å²) in [6.07, 6.45) is 2.24. The quantitative estimate of drug-likeness (QED) is 0.577. The third kappa shape index (κ3) is 4.22. The van der Waals surface area contributed by atoms with E-state index in [1.165, 1.54) is 0 Å². The van der Waals surface area contributed by atoms with Crippen molar-refractivity contribution in [2.24, 2.45) is 0 Å². The molecule has 3 heteroatoms. The van der Waals surface area contributed by atoms with Crippen molar-refractivity contribution in [1.29, 1.82) is 0 Å². The topological polar surface area (TPSA) is 38.3 Å². The van der Waals surface area contributed by atoms with E-state index >= 15 is 0 Å². The number of Topliss-reactive ketones (excluding diaryl/α,β-unsaturated/α-hetero) is 1. The van der Waals surface area contributed by atoms with Crippen LogP contribution in [0.3, 0.4) is 0 Å². The lowest BCUT2D eigenvalue weighted by molar-refractivity contribution is 0.0989. The van der Waals surface area contributed by atoms with Crippen molar-refractivity contribution in [2.45, 2.75) is 20.0 Å². The minimum Gasteiger partial charge on any atom is -0.489 e. The maximum absolute atomic E-state index is 12.0.